The summed E-state index contributed by atoms with van der Waals surface area (Å²) < 4.78 is 5.64. The third-order valence-corrected chi connectivity index (χ3v) is 5.10. The number of aliphatic hydroxyl groups is 2. The Morgan fingerprint density at radius 2 is 1.89 bits per heavy atom. The predicted octanol–water partition coefficient (Wildman–Crippen LogP) is 2.29. The molecule has 0 aromatic heterocycles. The fourth-order valence-corrected chi connectivity index (χ4v) is 3.64. The van der Waals surface area contributed by atoms with Gasteiger partial charge in [-0.3, -0.25) is 4.79 Å². The van der Waals surface area contributed by atoms with Crippen molar-refractivity contribution in [2.75, 3.05) is 0 Å². The molecule has 1 saturated carbocycles. The van der Waals surface area contributed by atoms with E-state index in [1.165, 1.54) is 12.1 Å². The molecule has 4 atom stereocenters. The van der Waals surface area contributed by atoms with Gasteiger partial charge < -0.3 is 20.1 Å². The normalized spacial score (nSPS) is 31.4. The molecule has 3 rings (SSSR count). The van der Waals surface area contributed by atoms with Crippen molar-refractivity contribution >= 4 is 17.8 Å². The first-order valence-electron chi connectivity index (χ1n) is 9.16. The van der Waals surface area contributed by atoms with Crippen LogP contribution >= 0.6 is 0 Å². The van der Waals surface area contributed by atoms with Crippen LogP contribution in [0, 0.1) is 12.8 Å². The molecule has 0 radical (unpaired) electrons. The molecule has 2 aliphatic rings. The van der Waals surface area contributed by atoms with E-state index in [2.05, 4.69) is 0 Å². The highest BCUT2D eigenvalue weighted by Crippen LogP contribution is 2.32. The average molecular weight is 372 g/mol. The van der Waals surface area contributed by atoms with E-state index in [1.54, 1.807) is 31.2 Å². The topological polar surface area (TPSA) is 104 Å². The molecule has 144 valence electrons. The Hall–Kier alpha value is -2.44. The van der Waals surface area contributed by atoms with E-state index in [0.29, 0.717) is 12.0 Å². The van der Waals surface area contributed by atoms with E-state index in [-0.39, 0.29) is 23.7 Å². The number of phenolic OH excluding ortho intramolecular Hbond substituents is 1. The summed E-state index contributed by atoms with van der Waals surface area (Å²) in [4.78, 5) is 24.8. The highest BCUT2D eigenvalue weighted by molar-refractivity contribution is 5.97. The van der Waals surface area contributed by atoms with Crippen LogP contribution in [0.2, 0.25) is 0 Å². The van der Waals surface area contributed by atoms with E-state index < -0.39 is 30.1 Å². The molecule has 0 saturated heterocycles. The predicted molar refractivity (Wildman–Crippen MR) is 99.2 cm³/mol. The van der Waals surface area contributed by atoms with Crippen LogP contribution in [0.3, 0.4) is 0 Å². The molecule has 6 nitrogen and oxygen atoms in total. The van der Waals surface area contributed by atoms with Crippen LogP contribution in [0.1, 0.15) is 47.2 Å². The third kappa shape index (κ3) is 4.28. The zero-order valence-electron chi connectivity index (χ0n) is 15.2. The summed E-state index contributed by atoms with van der Waals surface area (Å²) >= 11 is 0. The second-order valence-corrected chi connectivity index (χ2v) is 7.20. The number of aryl methyl sites for hydroxylation is 1. The largest absolute Gasteiger partial charge is 0.507 e. The van der Waals surface area contributed by atoms with Crippen molar-refractivity contribution in [3.05, 3.63) is 47.1 Å². The number of esters is 1. The first-order chi connectivity index (χ1) is 12.9. The molecule has 0 bridgehead atoms. The Balaban J connectivity index is 2.02. The number of rotatable bonds is 0. The van der Waals surface area contributed by atoms with E-state index >= 15 is 0 Å². The van der Waals surface area contributed by atoms with Crippen LogP contribution in [-0.2, 0) is 9.53 Å². The van der Waals surface area contributed by atoms with Crippen LogP contribution < -0.4 is 0 Å². The van der Waals surface area contributed by atoms with Gasteiger partial charge in [0, 0.05) is 5.92 Å². The number of fused-ring (bicyclic) bond motifs is 2. The van der Waals surface area contributed by atoms with Gasteiger partial charge in [-0.15, -0.1) is 0 Å². The van der Waals surface area contributed by atoms with Gasteiger partial charge in [-0.1, -0.05) is 24.3 Å². The van der Waals surface area contributed by atoms with Gasteiger partial charge in [0.15, 0.2) is 5.78 Å². The van der Waals surface area contributed by atoms with Crippen molar-refractivity contribution < 1.29 is 29.6 Å². The minimum atomic E-state index is -1.51. The van der Waals surface area contributed by atoms with Gasteiger partial charge in [0.05, 0.1) is 6.10 Å². The fraction of sp³-hybridized carbons (Fsp3) is 0.429. The Morgan fingerprint density at radius 1 is 1.11 bits per heavy atom. The highest BCUT2D eigenvalue weighted by Gasteiger charge is 2.31. The van der Waals surface area contributed by atoms with Gasteiger partial charge in [0.1, 0.15) is 23.5 Å². The van der Waals surface area contributed by atoms with Gasteiger partial charge in [-0.25, -0.2) is 4.79 Å². The molecule has 1 aliphatic heterocycles. The number of ketones is 1. The maximum atomic E-state index is 12.7. The van der Waals surface area contributed by atoms with Crippen molar-refractivity contribution in [2.45, 2.75) is 50.9 Å². The average Bonchev–Trinajstić information content (AvgIpc) is 3.04. The lowest BCUT2D eigenvalue weighted by Crippen LogP contribution is -2.32. The summed E-state index contributed by atoms with van der Waals surface area (Å²) in [6.45, 7) is 1.79. The van der Waals surface area contributed by atoms with Crippen molar-refractivity contribution in [2.24, 2.45) is 5.92 Å². The van der Waals surface area contributed by atoms with E-state index in [4.69, 9.17) is 4.74 Å². The first-order valence-corrected chi connectivity index (χ1v) is 9.16. The molecule has 1 aliphatic carbocycles. The van der Waals surface area contributed by atoms with Crippen LogP contribution in [-0.4, -0.2) is 45.4 Å². The Bertz CT molecular complexity index is 794. The Kier molecular flexibility index (Phi) is 5.77. The minimum absolute atomic E-state index is 0.0238. The second-order valence-electron chi connectivity index (χ2n) is 7.20. The van der Waals surface area contributed by atoms with Crippen LogP contribution in [0.15, 0.2) is 30.4 Å². The molecule has 0 amide bonds. The summed E-state index contributed by atoms with van der Waals surface area (Å²) in [5, 5.41) is 30.4. The summed E-state index contributed by atoms with van der Waals surface area (Å²) in [5.74, 6) is -1.48. The Morgan fingerprint density at radius 3 is 2.67 bits per heavy atom. The number of carbonyl (C=O) groups excluding carboxylic acids is 2. The van der Waals surface area contributed by atoms with E-state index in [1.807, 2.05) is 0 Å². The zero-order chi connectivity index (χ0) is 19.6. The number of aromatic hydroxyl groups is 1. The lowest BCUT2D eigenvalue weighted by atomic mass is 9.99. The number of carbonyl (C=O) groups is 2. The van der Waals surface area contributed by atoms with E-state index in [9.17, 15) is 24.9 Å². The monoisotopic (exact) mass is 372 g/mol. The first kappa shape index (κ1) is 19.3. The number of phenols is 1. The zero-order valence-corrected chi connectivity index (χ0v) is 15.2. The quantitative estimate of drug-likeness (QED) is 0.604. The molecule has 1 aromatic carbocycles. The molecular weight excluding hydrogens is 348 g/mol. The molecule has 0 spiro atoms. The van der Waals surface area contributed by atoms with Crippen LogP contribution in [0.4, 0.5) is 0 Å². The van der Waals surface area contributed by atoms with Crippen molar-refractivity contribution in [1.29, 1.82) is 0 Å². The van der Waals surface area contributed by atoms with E-state index in [0.717, 1.165) is 18.4 Å². The van der Waals surface area contributed by atoms with Gasteiger partial charge >= 0.3 is 5.97 Å². The molecule has 1 aromatic rings. The van der Waals surface area contributed by atoms with Gasteiger partial charge in [-0.05, 0) is 55.9 Å². The lowest BCUT2D eigenvalue weighted by molar-refractivity contribution is -0.127. The molecule has 3 N–H and O–H groups in total. The second kappa shape index (κ2) is 8.06. The summed E-state index contributed by atoms with van der Waals surface area (Å²) in [7, 11) is 0. The highest BCUT2D eigenvalue weighted by atomic mass is 16.5. The van der Waals surface area contributed by atoms with Crippen LogP contribution in [0.5, 0.6) is 5.75 Å². The van der Waals surface area contributed by atoms with Crippen molar-refractivity contribution in [3.8, 4) is 5.75 Å². The molecule has 27 heavy (non-hydrogen) atoms. The molecular formula is C21H24O6. The molecule has 1 fully saturated rings. The maximum absolute atomic E-state index is 12.7. The lowest BCUT2D eigenvalue weighted by Gasteiger charge is -2.20. The summed E-state index contributed by atoms with van der Waals surface area (Å²) in [5.41, 5.74) is 1.31. The molecule has 0 unspecified atom stereocenters. The fourth-order valence-electron chi connectivity index (χ4n) is 3.64. The van der Waals surface area contributed by atoms with Crippen molar-refractivity contribution in [1.82, 2.24) is 0 Å². The number of hydrogen-bond donors (Lipinski definition) is 3. The molecule has 1 heterocycles. The summed E-state index contributed by atoms with van der Waals surface area (Å²) in [6.07, 6.45) is 5.16. The third-order valence-electron chi connectivity index (χ3n) is 5.10. The smallest absolute Gasteiger partial charge is 0.342 e. The van der Waals surface area contributed by atoms with Crippen molar-refractivity contribution in [3.63, 3.8) is 0 Å². The number of ether oxygens (including phenoxy) is 1. The maximum Gasteiger partial charge on any atom is 0.342 e. The van der Waals surface area contributed by atoms with Gasteiger partial charge in [0.2, 0.25) is 0 Å². The minimum Gasteiger partial charge on any atom is -0.507 e. The standard InChI is InChI=1S/C21H24O6/c1-12-10-14-5-2-6-15(22)20(25)16(23)9-8-13-4-3-7-18(13)27-21(26)19(14)17(24)11-12/h2,5,8-11,13,15,18,20,22,24-25H,3-4,6-7H2,1H3/b5-2+,9-8-/t13-,15-,18-,20-/m0/s1. The summed E-state index contributed by atoms with van der Waals surface area (Å²) in [6, 6.07) is 3.24. The number of hydrogen-bond acceptors (Lipinski definition) is 6. The SMILES string of the molecule is Cc1cc(O)c2c(c1)/C=C/C[C@H](O)[C@H](O)C(=O)/C=C\[C@@H]1CCC[C@@H]1OC2=O. The molecule has 6 heteroatoms. The number of aliphatic hydroxyl groups excluding tert-OH is 2. The Labute approximate surface area is 157 Å². The van der Waals surface area contributed by atoms with Crippen LogP contribution in [0.25, 0.3) is 6.08 Å². The van der Waals surface area contributed by atoms with Gasteiger partial charge in [-0.2, -0.15) is 0 Å². The number of benzene rings is 1. The van der Waals surface area contributed by atoms with Gasteiger partial charge in [0.25, 0.3) is 0 Å².